The lowest BCUT2D eigenvalue weighted by atomic mass is 10.1. The van der Waals surface area contributed by atoms with Crippen molar-refractivity contribution in [2.45, 2.75) is 26.6 Å². The molecule has 0 bridgehead atoms. The third-order valence-electron chi connectivity index (χ3n) is 4.96. The first-order chi connectivity index (χ1) is 16.4. The topological polar surface area (TPSA) is 118 Å². The average molecular weight is 459 g/mol. The zero-order chi connectivity index (χ0) is 24.1. The molecule has 0 saturated carbocycles. The lowest BCUT2D eigenvalue weighted by Crippen LogP contribution is -2.10. The van der Waals surface area contributed by atoms with Gasteiger partial charge in [-0.15, -0.1) is 10.2 Å². The number of ether oxygens (including phenoxy) is 2. The highest BCUT2D eigenvalue weighted by molar-refractivity contribution is 5.90. The Balaban J connectivity index is 1.39. The molecule has 1 aromatic heterocycles. The van der Waals surface area contributed by atoms with Gasteiger partial charge in [-0.25, -0.2) is 4.79 Å². The van der Waals surface area contributed by atoms with Gasteiger partial charge < -0.3 is 13.9 Å². The van der Waals surface area contributed by atoms with Crippen molar-refractivity contribution >= 4 is 11.7 Å². The fourth-order valence-corrected chi connectivity index (χ4v) is 3.20. The monoisotopic (exact) mass is 459 g/mol. The summed E-state index contributed by atoms with van der Waals surface area (Å²) < 4.78 is 16.9. The lowest BCUT2D eigenvalue weighted by Gasteiger charge is -2.11. The fraction of sp³-hybridized carbons (Fsp3) is 0.160. The van der Waals surface area contributed by atoms with Gasteiger partial charge in [0.1, 0.15) is 12.4 Å². The van der Waals surface area contributed by atoms with Crippen LogP contribution in [0.15, 0.2) is 77.2 Å². The van der Waals surface area contributed by atoms with Crippen LogP contribution in [0.3, 0.4) is 0 Å². The maximum Gasteiger partial charge on any atom is 0.339 e. The summed E-state index contributed by atoms with van der Waals surface area (Å²) in [5.41, 5.74) is 2.97. The summed E-state index contributed by atoms with van der Waals surface area (Å²) >= 11 is 0. The molecule has 0 saturated heterocycles. The molecule has 0 amide bonds. The maximum atomic E-state index is 12.6. The van der Waals surface area contributed by atoms with Crippen molar-refractivity contribution in [2.75, 3.05) is 0 Å². The van der Waals surface area contributed by atoms with Gasteiger partial charge in [0, 0.05) is 17.7 Å². The molecular formula is C25H21N3O6. The van der Waals surface area contributed by atoms with Crippen LogP contribution in [0.2, 0.25) is 0 Å². The number of esters is 1. The van der Waals surface area contributed by atoms with Crippen LogP contribution in [0.4, 0.5) is 5.69 Å². The number of carbonyl (C=O) groups excluding carboxylic acids is 1. The number of carbonyl (C=O) groups is 1. The van der Waals surface area contributed by atoms with Gasteiger partial charge >= 0.3 is 5.97 Å². The van der Waals surface area contributed by atoms with E-state index >= 15 is 0 Å². The first-order valence-corrected chi connectivity index (χ1v) is 10.5. The third kappa shape index (κ3) is 5.44. The Kier molecular flexibility index (Phi) is 6.63. The number of aryl methyl sites for hydroxylation is 1. The van der Waals surface area contributed by atoms with Crippen LogP contribution in [-0.2, 0) is 11.3 Å². The van der Waals surface area contributed by atoms with Gasteiger partial charge in [-0.05, 0) is 49.7 Å². The second-order valence-electron chi connectivity index (χ2n) is 7.60. The number of nitro benzene ring substituents is 1. The van der Waals surface area contributed by atoms with Crippen LogP contribution in [0.5, 0.6) is 5.75 Å². The van der Waals surface area contributed by atoms with E-state index in [4.69, 9.17) is 13.9 Å². The van der Waals surface area contributed by atoms with E-state index in [0.717, 1.165) is 11.1 Å². The Morgan fingerprint density at radius 3 is 2.56 bits per heavy atom. The van der Waals surface area contributed by atoms with Gasteiger partial charge in [0.05, 0.1) is 10.5 Å². The van der Waals surface area contributed by atoms with E-state index in [1.807, 2.05) is 31.2 Å². The van der Waals surface area contributed by atoms with Gasteiger partial charge in [0.2, 0.25) is 5.89 Å². The largest absolute Gasteiger partial charge is 0.489 e. The summed E-state index contributed by atoms with van der Waals surface area (Å²) in [6, 6.07) is 20.4. The van der Waals surface area contributed by atoms with Crippen molar-refractivity contribution in [3.63, 3.8) is 0 Å². The smallest absolute Gasteiger partial charge is 0.339 e. The molecule has 0 N–H and O–H groups in total. The van der Waals surface area contributed by atoms with Crippen LogP contribution in [0.1, 0.15) is 40.4 Å². The quantitative estimate of drug-likeness (QED) is 0.194. The van der Waals surface area contributed by atoms with Crippen LogP contribution < -0.4 is 4.74 Å². The molecule has 0 aliphatic carbocycles. The highest BCUT2D eigenvalue weighted by atomic mass is 16.6. The molecule has 1 atom stereocenters. The summed E-state index contributed by atoms with van der Waals surface area (Å²) in [7, 11) is 0. The van der Waals surface area contributed by atoms with Gasteiger partial charge in [-0.1, -0.05) is 35.9 Å². The number of nitrogens with zero attached hydrogens (tertiary/aromatic N) is 3. The van der Waals surface area contributed by atoms with E-state index in [0.29, 0.717) is 23.5 Å². The van der Waals surface area contributed by atoms with Crippen LogP contribution in [0.25, 0.3) is 11.5 Å². The van der Waals surface area contributed by atoms with Crippen molar-refractivity contribution in [1.82, 2.24) is 10.2 Å². The molecular weight excluding hydrogens is 438 g/mol. The minimum absolute atomic E-state index is 0.0455. The Morgan fingerprint density at radius 2 is 1.82 bits per heavy atom. The molecule has 172 valence electrons. The van der Waals surface area contributed by atoms with Gasteiger partial charge in [0.25, 0.3) is 11.6 Å². The van der Waals surface area contributed by atoms with E-state index in [9.17, 15) is 14.9 Å². The lowest BCUT2D eigenvalue weighted by molar-refractivity contribution is -0.384. The van der Waals surface area contributed by atoms with Gasteiger partial charge in [-0.3, -0.25) is 10.1 Å². The van der Waals surface area contributed by atoms with Crippen LogP contribution in [-0.4, -0.2) is 21.1 Å². The normalized spacial score (nSPS) is 11.6. The number of rotatable bonds is 8. The Hall–Kier alpha value is -4.53. The number of aromatic nitrogens is 2. The molecule has 9 nitrogen and oxygen atoms in total. The number of non-ortho nitro benzene ring substituents is 1. The molecule has 0 radical (unpaired) electrons. The second kappa shape index (κ2) is 9.95. The van der Waals surface area contributed by atoms with E-state index in [2.05, 4.69) is 10.2 Å². The molecule has 34 heavy (non-hydrogen) atoms. The van der Waals surface area contributed by atoms with E-state index < -0.39 is 17.0 Å². The zero-order valence-corrected chi connectivity index (χ0v) is 18.5. The number of nitro groups is 1. The van der Waals surface area contributed by atoms with E-state index in [1.165, 1.54) is 24.3 Å². The third-order valence-corrected chi connectivity index (χ3v) is 4.96. The molecule has 0 fully saturated rings. The minimum atomic E-state index is -0.802. The average Bonchev–Trinajstić information content (AvgIpc) is 3.34. The number of hydrogen-bond donors (Lipinski definition) is 0. The van der Waals surface area contributed by atoms with Crippen molar-refractivity contribution in [1.29, 1.82) is 0 Å². The summed E-state index contributed by atoms with van der Waals surface area (Å²) in [6.07, 6.45) is -0.802. The molecule has 1 heterocycles. The minimum Gasteiger partial charge on any atom is -0.489 e. The zero-order valence-electron chi connectivity index (χ0n) is 18.5. The summed E-state index contributed by atoms with van der Waals surface area (Å²) in [5.74, 6) is 0.248. The predicted molar refractivity (Wildman–Crippen MR) is 122 cm³/mol. The van der Waals surface area contributed by atoms with Gasteiger partial charge in [0.15, 0.2) is 6.10 Å². The molecule has 4 rings (SSSR count). The van der Waals surface area contributed by atoms with Crippen molar-refractivity contribution < 1.29 is 23.6 Å². The fourth-order valence-electron chi connectivity index (χ4n) is 3.20. The Morgan fingerprint density at radius 1 is 1.06 bits per heavy atom. The Labute approximate surface area is 195 Å². The van der Waals surface area contributed by atoms with Crippen molar-refractivity contribution in [3.05, 3.63) is 105 Å². The van der Waals surface area contributed by atoms with E-state index in [1.54, 1.807) is 31.2 Å². The molecule has 1 unspecified atom stereocenters. The van der Waals surface area contributed by atoms with Crippen molar-refractivity contribution in [3.8, 4) is 17.2 Å². The van der Waals surface area contributed by atoms with Gasteiger partial charge in [-0.2, -0.15) is 0 Å². The van der Waals surface area contributed by atoms with E-state index in [-0.39, 0.29) is 17.5 Å². The molecule has 3 aromatic carbocycles. The summed E-state index contributed by atoms with van der Waals surface area (Å²) in [6.45, 7) is 4.01. The van der Waals surface area contributed by atoms with Crippen LogP contribution in [0, 0.1) is 17.0 Å². The maximum absolute atomic E-state index is 12.6. The predicted octanol–water partition coefficient (Wildman–Crippen LogP) is 5.45. The molecule has 0 aliphatic heterocycles. The molecule has 9 heteroatoms. The highest BCUT2D eigenvalue weighted by Gasteiger charge is 2.20. The Bertz CT molecular complexity index is 1320. The molecule has 0 spiro atoms. The standard InChI is InChI=1S/C25H21N3O6/c1-16-5-3-6-18(13-16)15-32-22-8-4-7-20(14-22)25(29)33-17(2)23-26-27-24(34-23)19-9-11-21(12-10-19)28(30)31/h3-14,17H,15H2,1-2H3. The van der Waals surface area contributed by atoms with Crippen LogP contribution >= 0.6 is 0 Å². The number of benzene rings is 3. The number of hydrogen-bond acceptors (Lipinski definition) is 8. The first kappa shape index (κ1) is 22.7. The first-order valence-electron chi connectivity index (χ1n) is 10.5. The highest BCUT2D eigenvalue weighted by Crippen LogP contribution is 2.25. The molecule has 0 aliphatic rings. The summed E-state index contributed by atoms with van der Waals surface area (Å²) in [4.78, 5) is 22.9. The second-order valence-corrected chi connectivity index (χ2v) is 7.60. The molecule has 4 aromatic rings. The van der Waals surface area contributed by atoms with Crippen molar-refractivity contribution in [2.24, 2.45) is 0 Å². The SMILES string of the molecule is Cc1cccc(COc2cccc(C(=O)OC(C)c3nnc(-c4ccc([N+](=O)[O-])cc4)o3)c2)c1. The summed E-state index contributed by atoms with van der Waals surface area (Å²) in [5, 5.41) is 18.7.